The minimum atomic E-state index is -0.983. The molecule has 1 aromatic rings. The zero-order valence-electron chi connectivity index (χ0n) is 15.7. The van der Waals surface area contributed by atoms with Crippen LogP contribution in [0, 0.1) is 0 Å². The molecule has 6 nitrogen and oxygen atoms in total. The Labute approximate surface area is 149 Å². The number of benzene rings is 1. The van der Waals surface area contributed by atoms with Crippen LogP contribution in [-0.2, 0) is 9.31 Å². The summed E-state index contributed by atoms with van der Waals surface area (Å²) in [6.07, 6.45) is 1.86. The topological polar surface area (TPSA) is 77.0 Å². The van der Waals surface area contributed by atoms with Gasteiger partial charge in [-0.3, -0.25) is 0 Å². The first kappa shape index (κ1) is 19.5. The summed E-state index contributed by atoms with van der Waals surface area (Å²) in [5.74, 6) is -0.391. The van der Waals surface area contributed by atoms with E-state index in [1.165, 1.54) is 6.07 Å². The number of methoxy groups -OCH3 is 1. The average Bonchev–Trinajstić information content (AvgIpc) is 2.74. The van der Waals surface area contributed by atoms with Gasteiger partial charge in [-0.2, -0.15) is 0 Å². The molecule has 2 rings (SSSR count). The van der Waals surface area contributed by atoms with E-state index in [9.17, 15) is 9.90 Å². The van der Waals surface area contributed by atoms with Crippen molar-refractivity contribution in [1.82, 2.24) is 5.32 Å². The van der Waals surface area contributed by atoms with Crippen LogP contribution in [0.4, 0.5) is 0 Å². The molecule has 1 aromatic carbocycles. The molecule has 0 amide bonds. The number of ether oxygens (including phenoxy) is 1. The molecule has 0 aromatic heterocycles. The van der Waals surface area contributed by atoms with E-state index in [1.54, 1.807) is 19.2 Å². The fraction of sp³-hybridized carbons (Fsp3) is 0.500. The van der Waals surface area contributed by atoms with Crippen molar-refractivity contribution in [1.29, 1.82) is 0 Å². The van der Waals surface area contributed by atoms with Crippen molar-refractivity contribution < 1.29 is 23.9 Å². The van der Waals surface area contributed by atoms with E-state index in [4.69, 9.17) is 14.0 Å². The van der Waals surface area contributed by atoms with Gasteiger partial charge in [0.25, 0.3) is 0 Å². The lowest BCUT2D eigenvalue weighted by Crippen LogP contribution is -2.41. The largest absolute Gasteiger partial charge is 0.496 e. The van der Waals surface area contributed by atoms with E-state index < -0.39 is 24.3 Å². The number of carboxylic acid groups (broad SMARTS) is 1. The van der Waals surface area contributed by atoms with Gasteiger partial charge in [0.05, 0.1) is 23.9 Å². The Morgan fingerprint density at radius 3 is 2.36 bits per heavy atom. The normalized spacial score (nSPS) is 19.1. The van der Waals surface area contributed by atoms with E-state index >= 15 is 0 Å². The number of rotatable bonds is 6. The molecule has 1 aliphatic rings. The highest BCUT2D eigenvalue weighted by molar-refractivity contribution is 6.56. The van der Waals surface area contributed by atoms with Crippen molar-refractivity contribution >= 4 is 19.2 Å². The van der Waals surface area contributed by atoms with Crippen molar-refractivity contribution in [3.63, 3.8) is 0 Å². The highest BCUT2D eigenvalue weighted by Gasteiger charge is 2.52. The predicted molar refractivity (Wildman–Crippen MR) is 97.9 cm³/mol. The molecule has 2 N–H and O–H groups in total. The predicted octanol–water partition coefficient (Wildman–Crippen LogP) is 2.63. The van der Waals surface area contributed by atoms with Crippen LogP contribution in [0.2, 0.25) is 0 Å². The first-order valence-corrected chi connectivity index (χ1v) is 8.23. The van der Waals surface area contributed by atoms with Gasteiger partial charge >= 0.3 is 13.1 Å². The molecule has 25 heavy (non-hydrogen) atoms. The third kappa shape index (κ3) is 4.06. The average molecular weight is 347 g/mol. The highest BCUT2D eigenvalue weighted by Crippen LogP contribution is 2.39. The van der Waals surface area contributed by atoms with Gasteiger partial charge in [-0.15, -0.1) is 0 Å². The standard InChI is InChI=1S/C18H26BNO5/c1-17(2)18(3,4)25-19(24-17)14(11-20-5)10-13-9-12(16(21)22)7-8-15(13)23-6/h7-10,20H,11H2,1-6H3,(H,21,22). The summed E-state index contributed by atoms with van der Waals surface area (Å²) in [6.45, 7) is 8.52. The van der Waals surface area contributed by atoms with Gasteiger partial charge in [0.15, 0.2) is 0 Å². The molecule has 0 atom stereocenters. The molecule has 136 valence electrons. The Morgan fingerprint density at radius 2 is 1.88 bits per heavy atom. The van der Waals surface area contributed by atoms with Crippen molar-refractivity contribution in [2.24, 2.45) is 0 Å². The van der Waals surface area contributed by atoms with Gasteiger partial charge in [0, 0.05) is 12.1 Å². The molecule has 7 heteroatoms. The number of hydrogen-bond acceptors (Lipinski definition) is 5. The molecule has 0 unspecified atom stereocenters. The summed E-state index contributed by atoms with van der Waals surface area (Å²) in [4.78, 5) is 11.3. The Hall–Kier alpha value is -1.83. The summed E-state index contributed by atoms with van der Waals surface area (Å²) in [7, 11) is 2.87. The van der Waals surface area contributed by atoms with Crippen molar-refractivity contribution in [2.45, 2.75) is 38.9 Å². The molecular formula is C18H26BNO5. The Bertz CT molecular complexity index is 668. The maximum Gasteiger partial charge on any atom is 0.491 e. The Kier molecular flexibility index (Phi) is 5.61. The molecule has 1 saturated heterocycles. The van der Waals surface area contributed by atoms with Crippen LogP contribution in [0.3, 0.4) is 0 Å². The molecule has 1 fully saturated rings. The third-order valence-corrected chi connectivity index (χ3v) is 4.75. The van der Waals surface area contributed by atoms with Gasteiger partial charge in [-0.25, -0.2) is 4.79 Å². The van der Waals surface area contributed by atoms with Crippen LogP contribution in [0.1, 0.15) is 43.6 Å². The quantitative estimate of drug-likeness (QED) is 0.771. The second kappa shape index (κ2) is 7.19. The van der Waals surface area contributed by atoms with E-state index in [-0.39, 0.29) is 5.56 Å². The molecule has 0 bridgehead atoms. The van der Waals surface area contributed by atoms with E-state index in [0.717, 1.165) is 5.47 Å². The zero-order valence-corrected chi connectivity index (χ0v) is 15.7. The van der Waals surface area contributed by atoms with Crippen LogP contribution in [-0.4, -0.2) is 50.1 Å². The Balaban J connectivity index is 2.44. The number of carbonyl (C=O) groups is 1. The highest BCUT2D eigenvalue weighted by atomic mass is 16.7. The summed E-state index contributed by atoms with van der Waals surface area (Å²) < 4.78 is 17.6. The second-order valence-corrected chi connectivity index (χ2v) is 7.10. The van der Waals surface area contributed by atoms with E-state index in [2.05, 4.69) is 5.32 Å². The first-order chi connectivity index (χ1) is 11.6. The van der Waals surface area contributed by atoms with Crippen molar-refractivity contribution in [3.05, 3.63) is 34.8 Å². The smallest absolute Gasteiger partial charge is 0.491 e. The molecule has 1 aliphatic heterocycles. The number of nitrogens with one attached hydrogen (secondary N) is 1. The van der Waals surface area contributed by atoms with Gasteiger partial charge in [-0.05, 0) is 58.4 Å². The van der Waals surface area contributed by atoms with Gasteiger partial charge in [-0.1, -0.05) is 6.08 Å². The summed E-state index contributed by atoms with van der Waals surface area (Å²) in [5, 5.41) is 12.3. The fourth-order valence-corrected chi connectivity index (χ4v) is 2.58. The monoisotopic (exact) mass is 347 g/mol. The van der Waals surface area contributed by atoms with Crippen LogP contribution >= 0.6 is 0 Å². The SMILES string of the molecule is CNCC(=Cc1cc(C(=O)O)ccc1OC)B1OC(C)(C)C(C)(C)O1. The number of aromatic carboxylic acids is 1. The van der Waals surface area contributed by atoms with Crippen LogP contribution < -0.4 is 10.1 Å². The maximum atomic E-state index is 11.3. The maximum absolute atomic E-state index is 11.3. The Morgan fingerprint density at radius 1 is 1.28 bits per heavy atom. The minimum Gasteiger partial charge on any atom is -0.496 e. The van der Waals surface area contributed by atoms with Gasteiger partial charge in [0.2, 0.25) is 0 Å². The molecule has 1 heterocycles. The second-order valence-electron chi connectivity index (χ2n) is 7.10. The number of carboxylic acids is 1. The van der Waals surface area contributed by atoms with Crippen molar-refractivity contribution in [3.8, 4) is 5.75 Å². The molecule has 0 aliphatic carbocycles. The first-order valence-electron chi connectivity index (χ1n) is 8.23. The molecular weight excluding hydrogens is 321 g/mol. The molecule has 0 radical (unpaired) electrons. The van der Waals surface area contributed by atoms with Gasteiger partial charge in [0.1, 0.15) is 5.75 Å². The van der Waals surface area contributed by atoms with Crippen LogP contribution in [0.15, 0.2) is 23.7 Å². The fourth-order valence-electron chi connectivity index (χ4n) is 2.58. The van der Waals surface area contributed by atoms with Gasteiger partial charge < -0.3 is 24.5 Å². The summed E-state index contributed by atoms with van der Waals surface area (Å²) in [6, 6.07) is 4.75. The van der Waals surface area contributed by atoms with Crippen LogP contribution in [0.25, 0.3) is 6.08 Å². The summed E-state index contributed by atoms with van der Waals surface area (Å²) in [5.41, 5.74) is 0.837. The van der Waals surface area contributed by atoms with E-state index in [0.29, 0.717) is 17.9 Å². The van der Waals surface area contributed by atoms with Crippen LogP contribution in [0.5, 0.6) is 5.75 Å². The minimum absolute atomic E-state index is 0.199. The molecule has 0 spiro atoms. The molecule has 0 saturated carbocycles. The number of hydrogen-bond donors (Lipinski definition) is 2. The number of likely N-dealkylation sites (N-methyl/N-ethyl adjacent to an activating group) is 1. The lowest BCUT2D eigenvalue weighted by Gasteiger charge is -2.32. The lowest BCUT2D eigenvalue weighted by atomic mass is 9.77. The zero-order chi connectivity index (χ0) is 18.8. The third-order valence-electron chi connectivity index (χ3n) is 4.75. The van der Waals surface area contributed by atoms with E-state index in [1.807, 2.05) is 40.8 Å². The lowest BCUT2D eigenvalue weighted by molar-refractivity contribution is 0.00578. The summed E-state index contributed by atoms with van der Waals surface area (Å²) >= 11 is 0. The van der Waals surface area contributed by atoms with Crippen molar-refractivity contribution in [2.75, 3.05) is 20.7 Å².